The molecule has 0 aromatic heterocycles. The number of amides is 1. The van der Waals surface area contributed by atoms with Gasteiger partial charge in [-0.2, -0.15) is 0 Å². The fraction of sp³-hybridized carbons (Fsp3) is 0.417. The first kappa shape index (κ1) is 15.4. The summed E-state index contributed by atoms with van der Waals surface area (Å²) in [6.45, 7) is 0.732. The minimum atomic E-state index is -0.399. The van der Waals surface area contributed by atoms with Crippen molar-refractivity contribution in [3.63, 3.8) is 0 Å². The Kier molecular flexibility index (Phi) is 6.05. The summed E-state index contributed by atoms with van der Waals surface area (Å²) in [4.78, 5) is 13.5. The molecule has 100 valence electrons. The fourth-order valence-corrected chi connectivity index (χ4v) is 2.17. The second-order valence-corrected chi connectivity index (χ2v) is 5.34. The number of methoxy groups -OCH3 is 1. The van der Waals surface area contributed by atoms with Crippen LogP contribution in [0.1, 0.15) is 10.4 Å². The van der Waals surface area contributed by atoms with E-state index in [0.29, 0.717) is 18.7 Å². The standard InChI is InChI=1S/C12H14BrClFNO2/c1-16(6-9(14)7-18-2)12(17)8-3-4-11(15)10(13)5-8/h3-5,9H,6-7H2,1-2H3. The number of rotatable bonds is 5. The van der Waals surface area contributed by atoms with Crippen molar-refractivity contribution in [3.05, 3.63) is 34.1 Å². The number of alkyl halides is 1. The average Bonchev–Trinajstić information content (AvgIpc) is 2.32. The van der Waals surface area contributed by atoms with E-state index in [4.69, 9.17) is 16.3 Å². The van der Waals surface area contributed by atoms with Crippen LogP contribution in [-0.2, 0) is 4.74 Å². The molecule has 1 amide bonds. The Hall–Kier alpha value is -0.650. The van der Waals surface area contributed by atoms with Gasteiger partial charge in [-0.25, -0.2) is 4.39 Å². The first-order valence-electron chi connectivity index (χ1n) is 5.29. The molecule has 1 aromatic carbocycles. The minimum Gasteiger partial charge on any atom is -0.383 e. The van der Waals surface area contributed by atoms with Gasteiger partial charge in [0.2, 0.25) is 0 Å². The fourth-order valence-electron chi connectivity index (χ4n) is 1.46. The monoisotopic (exact) mass is 337 g/mol. The molecule has 0 spiro atoms. The number of carbonyl (C=O) groups excluding carboxylic acids is 1. The molecule has 0 heterocycles. The van der Waals surface area contributed by atoms with Crippen molar-refractivity contribution in [2.45, 2.75) is 5.38 Å². The highest BCUT2D eigenvalue weighted by molar-refractivity contribution is 9.10. The average molecular weight is 339 g/mol. The zero-order chi connectivity index (χ0) is 13.7. The van der Waals surface area contributed by atoms with Gasteiger partial charge in [0.1, 0.15) is 5.82 Å². The highest BCUT2D eigenvalue weighted by atomic mass is 79.9. The van der Waals surface area contributed by atoms with Crippen LogP contribution < -0.4 is 0 Å². The van der Waals surface area contributed by atoms with Gasteiger partial charge in [0.05, 0.1) is 16.5 Å². The highest BCUT2D eigenvalue weighted by Crippen LogP contribution is 2.18. The van der Waals surface area contributed by atoms with Crippen LogP contribution in [0.4, 0.5) is 4.39 Å². The van der Waals surface area contributed by atoms with Crippen molar-refractivity contribution >= 4 is 33.4 Å². The Morgan fingerprint density at radius 1 is 1.61 bits per heavy atom. The molecule has 0 saturated carbocycles. The molecular formula is C12H14BrClFNO2. The quantitative estimate of drug-likeness (QED) is 0.773. The van der Waals surface area contributed by atoms with E-state index in [2.05, 4.69) is 15.9 Å². The lowest BCUT2D eigenvalue weighted by atomic mass is 10.2. The molecule has 0 fully saturated rings. The van der Waals surface area contributed by atoms with E-state index in [1.807, 2.05) is 0 Å². The SMILES string of the molecule is COCC(Cl)CN(C)C(=O)c1ccc(F)c(Br)c1. The van der Waals surface area contributed by atoms with E-state index in [9.17, 15) is 9.18 Å². The summed E-state index contributed by atoms with van der Waals surface area (Å²) in [6.07, 6.45) is 0. The molecular weight excluding hydrogens is 324 g/mol. The molecule has 6 heteroatoms. The van der Waals surface area contributed by atoms with Crippen LogP contribution in [-0.4, -0.2) is 43.5 Å². The molecule has 1 unspecified atom stereocenters. The van der Waals surface area contributed by atoms with E-state index < -0.39 is 5.82 Å². The molecule has 3 nitrogen and oxygen atoms in total. The van der Waals surface area contributed by atoms with Crippen LogP contribution >= 0.6 is 27.5 Å². The molecule has 1 rings (SSSR count). The first-order valence-corrected chi connectivity index (χ1v) is 6.52. The summed E-state index contributed by atoms with van der Waals surface area (Å²) in [6, 6.07) is 4.14. The van der Waals surface area contributed by atoms with Gasteiger partial charge < -0.3 is 9.64 Å². The van der Waals surface area contributed by atoms with Gasteiger partial charge in [-0.3, -0.25) is 4.79 Å². The number of hydrogen-bond acceptors (Lipinski definition) is 2. The van der Waals surface area contributed by atoms with Crippen molar-refractivity contribution in [3.8, 4) is 0 Å². The van der Waals surface area contributed by atoms with Gasteiger partial charge in [0.25, 0.3) is 5.91 Å². The zero-order valence-electron chi connectivity index (χ0n) is 10.1. The van der Waals surface area contributed by atoms with E-state index in [1.165, 1.54) is 23.1 Å². The van der Waals surface area contributed by atoms with Gasteiger partial charge in [0.15, 0.2) is 0 Å². The number of hydrogen-bond donors (Lipinski definition) is 0. The van der Waals surface area contributed by atoms with Crippen LogP contribution in [0.2, 0.25) is 0 Å². The van der Waals surface area contributed by atoms with Gasteiger partial charge in [-0.1, -0.05) is 0 Å². The van der Waals surface area contributed by atoms with Crippen molar-refractivity contribution < 1.29 is 13.9 Å². The number of nitrogens with zero attached hydrogens (tertiary/aromatic N) is 1. The smallest absolute Gasteiger partial charge is 0.253 e. The van der Waals surface area contributed by atoms with E-state index in [-0.39, 0.29) is 15.8 Å². The third kappa shape index (κ3) is 4.23. The predicted molar refractivity (Wildman–Crippen MR) is 72.6 cm³/mol. The van der Waals surface area contributed by atoms with Gasteiger partial charge in [-0.15, -0.1) is 11.6 Å². The lowest BCUT2D eigenvalue weighted by Crippen LogP contribution is -2.33. The first-order chi connectivity index (χ1) is 8.45. The lowest BCUT2D eigenvalue weighted by Gasteiger charge is -2.20. The summed E-state index contributed by atoms with van der Waals surface area (Å²) in [5, 5.41) is -0.271. The number of ether oxygens (including phenoxy) is 1. The Morgan fingerprint density at radius 2 is 2.28 bits per heavy atom. The minimum absolute atomic E-state index is 0.211. The summed E-state index contributed by atoms with van der Waals surface area (Å²) >= 11 is 9.02. The molecule has 0 aliphatic carbocycles. The zero-order valence-corrected chi connectivity index (χ0v) is 12.5. The summed E-state index contributed by atoms with van der Waals surface area (Å²) in [7, 11) is 3.19. The molecule has 0 saturated heterocycles. The lowest BCUT2D eigenvalue weighted by molar-refractivity contribution is 0.0781. The second kappa shape index (κ2) is 7.07. The van der Waals surface area contributed by atoms with Crippen LogP contribution in [0, 0.1) is 5.82 Å². The van der Waals surface area contributed by atoms with Crippen LogP contribution in [0.3, 0.4) is 0 Å². The van der Waals surface area contributed by atoms with E-state index >= 15 is 0 Å². The third-order valence-electron chi connectivity index (χ3n) is 2.33. The topological polar surface area (TPSA) is 29.5 Å². The summed E-state index contributed by atoms with van der Waals surface area (Å²) in [5.41, 5.74) is 0.409. The molecule has 0 aliphatic rings. The number of halogens is 3. The maximum Gasteiger partial charge on any atom is 0.253 e. The van der Waals surface area contributed by atoms with Crippen molar-refractivity contribution in [1.82, 2.24) is 4.90 Å². The Morgan fingerprint density at radius 3 is 2.83 bits per heavy atom. The van der Waals surface area contributed by atoms with Crippen molar-refractivity contribution in [2.24, 2.45) is 0 Å². The second-order valence-electron chi connectivity index (χ2n) is 3.87. The normalized spacial score (nSPS) is 12.3. The Balaban J connectivity index is 2.71. The number of benzene rings is 1. The summed E-state index contributed by atoms with van der Waals surface area (Å²) in [5.74, 6) is -0.610. The molecule has 18 heavy (non-hydrogen) atoms. The molecule has 0 aliphatic heterocycles. The number of carbonyl (C=O) groups is 1. The van der Waals surface area contributed by atoms with Gasteiger partial charge in [0, 0.05) is 26.3 Å². The van der Waals surface area contributed by atoms with Gasteiger partial charge in [-0.05, 0) is 34.1 Å². The Labute approximate surface area is 119 Å². The van der Waals surface area contributed by atoms with E-state index in [1.54, 1.807) is 14.2 Å². The van der Waals surface area contributed by atoms with Gasteiger partial charge >= 0.3 is 0 Å². The Bertz CT molecular complexity index is 431. The molecule has 0 radical (unpaired) electrons. The maximum absolute atomic E-state index is 13.1. The highest BCUT2D eigenvalue weighted by Gasteiger charge is 2.16. The third-order valence-corrected chi connectivity index (χ3v) is 3.20. The predicted octanol–water partition coefficient (Wildman–Crippen LogP) is 2.91. The summed E-state index contributed by atoms with van der Waals surface area (Å²) < 4.78 is 18.2. The molecule has 0 bridgehead atoms. The molecule has 0 N–H and O–H groups in total. The maximum atomic E-state index is 13.1. The van der Waals surface area contributed by atoms with E-state index in [0.717, 1.165) is 0 Å². The van der Waals surface area contributed by atoms with Crippen LogP contribution in [0.15, 0.2) is 22.7 Å². The van der Waals surface area contributed by atoms with Crippen molar-refractivity contribution in [1.29, 1.82) is 0 Å². The van der Waals surface area contributed by atoms with Crippen molar-refractivity contribution in [2.75, 3.05) is 27.3 Å². The van der Waals surface area contributed by atoms with Crippen LogP contribution in [0.25, 0.3) is 0 Å². The molecule has 1 atom stereocenters. The van der Waals surface area contributed by atoms with Crippen LogP contribution in [0.5, 0.6) is 0 Å². The largest absolute Gasteiger partial charge is 0.383 e. The molecule has 1 aromatic rings.